The number of H-pyrrole nitrogens is 1. The molecular weight excluding hydrogens is 568 g/mol. The van der Waals surface area contributed by atoms with Crippen LogP contribution in [0, 0.1) is 10.1 Å². The molecule has 3 aromatic carbocycles. The van der Waals surface area contributed by atoms with Crippen molar-refractivity contribution >= 4 is 55.6 Å². The molecule has 4 rings (SSSR count). The number of carboxylic acid groups (broad SMARTS) is 1. The van der Waals surface area contributed by atoms with Crippen molar-refractivity contribution in [1.82, 2.24) is 20.0 Å². The smallest absolute Gasteiger partial charge is 0.318 e. The number of hydrogen-bond acceptors (Lipinski definition) is 7. The molecule has 0 aliphatic heterocycles. The lowest BCUT2D eigenvalue weighted by atomic mass is 10.1. The van der Waals surface area contributed by atoms with Crippen LogP contribution in [0.5, 0.6) is 0 Å². The molecule has 0 unspecified atom stereocenters. The number of hydrogen-bond donors (Lipinski definition) is 5. The minimum absolute atomic E-state index is 0.0243. The first-order valence-corrected chi connectivity index (χ1v) is 14.4. The highest BCUT2D eigenvalue weighted by atomic mass is 32.2. The van der Waals surface area contributed by atoms with Crippen molar-refractivity contribution < 1.29 is 23.2 Å². The summed E-state index contributed by atoms with van der Waals surface area (Å²) in [5.74, 6) is -1.34. The Bertz CT molecular complexity index is 1660. The lowest BCUT2D eigenvalue weighted by Gasteiger charge is -2.21. The lowest BCUT2D eigenvalue weighted by Crippen LogP contribution is -2.39. The number of rotatable bonds is 13. The van der Waals surface area contributed by atoms with Gasteiger partial charge in [0.05, 0.1) is 9.82 Å². The number of aromatic nitrogens is 1. The average Bonchev–Trinajstić information content (AvgIpc) is 3.37. The van der Waals surface area contributed by atoms with Crippen LogP contribution in [0.25, 0.3) is 10.9 Å². The maximum Gasteiger partial charge on any atom is 0.318 e. The molecule has 0 atom stereocenters. The van der Waals surface area contributed by atoms with E-state index in [2.05, 4.69) is 21.2 Å². The number of aliphatic carboxylic acids is 1. The number of thiocarbonyl (C=S) groups is 1. The van der Waals surface area contributed by atoms with Gasteiger partial charge in [-0.15, -0.1) is 0 Å². The summed E-state index contributed by atoms with van der Waals surface area (Å²) in [6.07, 6.45) is 2.87. The molecule has 5 N–H and O–H groups in total. The number of nitrogens with zero attached hydrogens (tertiary/aromatic N) is 2. The number of anilines is 1. The van der Waals surface area contributed by atoms with E-state index in [1.165, 1.54) is 12.1 Å². The second kappa shape index (κ2) is 13.2. The Morgan fingerprint density at radius 1 is 1.05 bits per heavy atom. The number of sulfonamides is 1. The highest BCUT2D eigenvalue weighted by Crippen LogP contribution is 2.29. The Morgan fingerprint density at radius 3 is 2.51 bits per heavy atom. The van der Waals surface area contributed by atoms with Gasteiger partial charge in [0, 0.05) is 36.3 Å². The third kappa shape index (κ3) is 7.57. The Morgan fingerprint density at radius 2 is 1.78 bits per heavy atom. The van der Waals surface area contributed by atoms with E-state index in [9.17, 15) is 28.4 Å². The number of carbonyl (C=O) groups is 1. The van der Waals surface area contributed by atoms with E-state index in [-0.39, 0.29) is 23.8 Å². The number of para-hydroxylation sites is 1. The Balaban J connectivity index is 1.41. The molecule has 0 radical (unpaired) electrons. The van der Waals surface area contributed by atoms with Gasteiger partial charge in [-0.05, 0) is 54.4 Å². The summed E-state index contributed by atoms with van der Waals surface area (Å²) in [5.41, 5.74) is 7.74. The second-order valence-corrected chi connectivity index (χ2v) is 11.4. The molecule has 0 amide bonds. The number of fused-ring (bicyclic) bond motifs is 1. The lowest BCUT2D eigenvalue weighted by molar-refractivity contribution is -0.384. The molecule has 4 aromatic rings. The van der Waals surface area contributed by atoms with Crippen molar-refractivity contribution in [2.24, 2.45) is 0 Å². The molecule has 0 aliphatic rings. The van der Waals surface area contributed by atoms with Gasteiger partial charge in [-0.25, -0.2) is 8.42 Å². The van der Waals surface area contributed by atoms with Crippen LogP contribution in [-0.4, -0.2) is 58.5 Å². The zero-order valence-electron chi connectivity index (χ0n) is 21.7. The Hall–Kier alpha value is -4.53. The molecule has 0 saturated carbocycles. The quantitative estimate of drug-likeness (QED) is 0.0875. The van der Waals surface area contributed by atoms with Gasteiger partial charge in [-0.1, -0.05) is 48.5 Å². The SMILES string of the molecule is O=C(O)CN(CCc1ccccc1)S(=O)(=O)c1ccc(NNC(=S)NCCc2c[nH]c3ccccc23)c([N+](=O)[O-])c1. The summed E-state index contributed by atoms with van der Waals surface area (Å²) in [6, 6.07) is 20.2. The van der Waals surface area contributed by atoms with Crippen LogP contribution in [0.15, 0.2) is 83.9 Å². The van der Waals surface area contributed by atoms with Crippen LogP contribution in [0.3, 0.4) is 0 Å². The van der Waals surface area contributed by atoms with Gasteiger partial charge in [0.2, 0.25) is 10.0 Å². The van der Waals surface area contributed by atoms with Gasteiger partial charge in [0.1, 0.15) is 12.2 Å². The molecule has 12 nitrogen and oxygen atoms in total. The number of nitro benzene ring substituents is 1. The van der Waals surface area contributed by atoms with Crippen molar-refractivity contribution in [3.8, 4) is 0 Å². The highest BCUT2D eigenvalue weighted by molar-refractivity contribution is 7.89. The van der Waals surface area contributed by atoms with Gasteiger partial charge < -0.3 is 15.4 Å². The van der Waals surface area contributed by atoms with Crippen molar-refractivity contribution in [2.75, 3.05) is 25.1 Å². The number of hydrazine groups is 1. The standard InChI is InChI=1S/C27H28N6O6S2/c34-26(35)18-32(15-13-19-6-2-1-3-7-19)41(38,39)21-10-11-24(25(16-21)33(36)37)30-31-27(40)28-14-12-20-17-29-23-9-5-4-8-22(20)23/h1-11,16-17,29-30H,12-15,18H2,(H,34,35)(H2,28,31,40). The molecular formula is C27H28N6O6S2. The minimum atomic E-state index is -4.36. The first kappa shape index (κ1) is 29.5. The summed E-state index contributed by atoms with van der Waals surface area (Å²) in [5, 5.41) is 25.4. The molecule has 0 spiro atoms. The monoisotopic (exact) mass is 596 g/mol. The molecule has 14 heteroatoms. The number of benzene rings is 3. The van der Waals surface area contributed by atoms with Crippen LogP contribution < -0.4 is 16.2 Å². The largest absolute Gasteiger partial charge is 0.480 e. The van der Waals surface area contributed by atoms with E-state index in [0.717, 1.165) is 32.4 Å². The van der Waals surface area contributed by atoms with Crippen LogP contribution in [0.2, 0.25) is 0 Å². The number of carboxylic acids is 1. The number of nitro groups is 1. The molecule has 0 saturated heterocycles. The van der Waals surface area contributed by atoms with Crippen LogP contribution >= 0.6 is 12.2 Å². The summed E-state index contributed by atoms with van der Waals surface area (Å²) >= 11 is 5.26. The van der Waals surface area contributed by atoms with Crippen LogP contribution in [-0.2, 0) is 27.7 Å². The molecule has 1 aromatic heterocycles. The first-order valence-electron chi connectivity index (χ1n) is 12.5. The van der Waals surface area contributed by atoms with Gasteiger partial charge in [0.15, 0.2) is 5.11 Å². The molecule has 214 valence electrons. The zero-order chi connectivity index (χ0) is 29.4. The fourth-order valence-corrected chi connectivity index (χ4v) is 5.79. The van der Waals surface area contributed by atoms with E-state index in [0.29, 0.717) is 13.0 Å². The zero-order valence-corrected chi connectivity index (χ0v) is 23.4. The fraction of sp³-hybridized carbons (Fsp3) is 0.185. The first-order chi connectivity index (χ1) is 19.6. The molecule has 0 aliphatic carbocycles. The van der Waals surface area contributed by atoms with Crippen LogP contribution in [0.1, 0.15) is 11.1 Å². The number of aromatic amines is 1. The number of nitrogens with one attached hydrogen (secondary N) is 4. The van der Waals surface area contributed by atoms with Gasteiger partial charge in [-0.3, -0.25) is 25.8 Å². The third-order valence-electron chi connectivity index (χ3n) is 6.27. The van der Waals surface area contributed by atoms with Crippen molar-refractivity contribution in [2.45, 2.75) is 17.7 Å². The summed E-state index contributed by atoms with van der Waals surface area (Å²) in [4.78, 5) is 25.3. The Labute approximate surface area is 241 Å². The fourth-order valence-electron chi connectivity index (χ4n) is 4.23. The van der Waals surface area contributed by atoms with Crippen molar-refractivity contribution in [1.29, 1.82) is 0 Å². The summed E-state index contributed by atoms with van der Waals surface area (Å²) in [6.45, 7) is -0.410. The molecule has 0 fully saturated rings. The predicted octanol–water partition coefficient (Wildman–Crippen LogP) is 3.43. The summed E-state index contributed by atoms with van der Waals surface area (Å²) in [7, 11) is -4.36. The van der Waals surface area contributed by atoms with E-state index in [4.69, 9.17) is 12.2 Å². The van der Waals surface area contributed by atoms with Crippen molar-refractivity contribution in [3.05, 3.63) is 100 Å². The average molecular weight is 597 g/mol. The van der Waals surface area contributed by atoms with Gasteiger partial charge in [-0.2, -0.15) is 4.31 Å². The van der Waals surface area contributed by atoms with Crippen molar-refractivity contribution in [3.63, 3.8) is 0 Å². The van der Waals surface area contributed by atoms with E-state index in [1.807, 2.05) is 36.5 Å². The minimum Gasteiger partial charge on any atom is -0.480 e. The van der Waals surface area contributed by atoms with E-state index >= 15 is 0 Å². The van der Waals surface area contributed by atoms with Crippen LogP contribution in [0.4, 0.5) is 11.4 Å². The molecule has 0 bridgehead atoms. The van der Waals surface area contributed by atoms with Gasteiger partial charge >= 0.3 is 5.97 Å². The maximum absolute atomic E-state index is 13.3. The highest BCUT2D eigenvalue weighted by Gasteiger charge is 2.29. The van der Waals surface area contributed by atoms with Gasteiger partial charge in [0.25, 0.3) is 5.69 Å². The Kier molecular flexibility index (Phi) is 9.49. The normalized spacial score (nSPS) is 11.3. The topological polar surface area (TPSA) is 170 Å². The third-order valence-corrected chi connectivity index (χ3v) is 8.36. The summed E-state index contributed by atoms with van der Waals surface area (Å²) < 4.78 is 27.4. The van der Waals surface area contributed by atoms with E-state index in [1.54, 1.807) is 24.3 Å². The molecule has 1 heterocycles. The van der Waals surface area contributed by atoms with E-state index < -0.39 is 38.0 Å². The second-order valence-electron chi connectivity index (χ2n) is 9.02. The maximum atomic E-state index is 13.3. The predicted molar refractivity (Wildman–Crippen MR) is 159 cm³/mol. The molecule has 41 heavy (non-hydrogen) atoms.